The molecule has 2 heterocycles. The number of benzene rings is 1. The van der Waals surface area contributed by atoms with E-state index in [4.69, 9.17) is 0 Å². The zero-order valence-electron chi connectivity index (χ0n) is 15.2. The Morgan fingerprint density at radius 3 is 2.69 bits per heavy atom. The van der Waals surface area contributed by atoms with E-state index < -0.39 is 0 Å². The van der Waals surface area contributed by atoms with Crippen LogP contribution in [0.2, 0.25) is 0 Å². The van der Waals surface area contributed by atoms with Crippen molar-refractivity contribution < 1.29 is 4.79 Å². The minimum absolute atomic E-state index is 0.0774. The molecule has 0 radical (unpaired) electrons. The van der Waals surface area contributed by atoms with Gasteiger partial charge in [0.25, 0.3) is 0 Å². The van der Waals surface area contributed by atoms with Crippen LogP contribution >= 0.6 is 11.3 Å². The fourth-order valence-electron chi connectivity index (χ4n) is 2.78. The summed E-state index contributed by atoms with van der Waals surface area (Å²) in [5, 5.41) is 10.2. The number of allylic oxidation sites excluding steroid dienone is 1. The van der Waals surface area contributed by atoms with Crippen LogP contribution in [0.25, 0.3) is 5.13 Å². The van der Waals surface area contributed by atoms with Crippen molar-refractivity contribution in [2.24, 2.45) is 0 Å². The summed E-state index contributed by atoms with van der Waals surface area (Å²) in [6, 6.07) is 7.74. The van der Waals surface area contributed by atoms with Gasteiger partial charge in [0.1, 0.15) is 0 Å². The van der Waals surface area contributed by atoms with E-state index in [1.807, 2.05) is 61.2 Å². The van der Waals surface area contributed by atoms with Crippen molar-refractivity contribution in [3.05, 3.63) is 70.5 Å². The number of anilines is 1. The van der Waals surface area contributed by atoms with E-state index in [1.54, 1.807) is 0 Å². The normalized spacial score (nSPS) is 10.7. The molecule has 1 N–H and O–H groups in total. The molecule has 134 valence electrons. The predicted molar refractivity (Wildman–Crippen MR) is 106 cm³/mol. The average Bonchev–Trinajstić information content (AvgIpc) is 3.16. The van der Waals surface area contributed by atoms with E-state index in [0.717, 1.165) is 39.9 Å². The molecular weight excluding hydrogens is 344 g/mol. The molecule has 0 saturated heterocycles. The fourth-order valence-corrected chi connectivity index (χ4v) is 3.61. The first kappa shape index (κ1) is 18.1. The SMILES string of the molecule is C=CCc1c(C)nn(-c2nc(CC(=O)Nc3ccc(C)cc3)cs2)c1C. The Morgan fingerprint density at radius 1 is 1.27 bits per heavy atom. The second-order valence-electron chi connectivity index (χ2n) is 6.27. The first-order valence-electron chi connectivity index (χ1n) is 8.45. The molecule has 0 unspecified atom stereocenters. The summed E-state index contributed by atoms with van der Waals surface area (Å²) in [4.78, 5) is 16.8. The summed E-state index contributed by atoms with van der Waals surface area (Å²) >= 11 is 1.49. The minimum atomic E-state index is -0.0774. The molecule has 2 aromatic heterocycles. The van der Waals surface area contributed by atoms with Crippen LogP contribution in [0.4, 0.5) is 5.69 Å². The second-order valence-corrected chi connectivity index (χ2v) is 7.10. The van der Waals surface area contributed by atoms with Crippen molar-refractivity contribution in [2.75, 3.05) is 5.32 Å². The number of hydrogen-bond acceptors (Lipinski definition) is 4. The first-order chi connectivity index (χ1) is 12.5. The van der Waals surface area contributed by atoms with Gasteiger partial charge >= 0.3 is 0 Å². The topological polar surface area (TPSA) is 59.8 Å². The van der Waals surface area contributed by atoms with Crippen LogP contribution in [0, 0.1) is 20.8 Å². The molecule has 0 fully saturated rings. The lowest BCUT2D eigenvalue weighted by molar-refractivity contribution is -0.115. The lowest BCUT2D eigenvalue weighted by Gasteiger charge is -2.04. The Morgan fingerprint density at radius 2 is 2.00 bits per heavy atom. The first-order valence-corrected chi connectivity index (χ1v) is 9.33. The minimum Gasteiger partial charge on any atom is -0.326 e. The highest BCUT2D eigenvalue weighted by Crippen LogP contribution is 2.22. The summed E-state index contributed by atoms with van der Waals surface area (Å²) < 4.78 is 1.85. The Hall–Kier alpha value is -2.73. The molecule has 6 heteroatoms. The number of aryl methyl sites for hydroxylation is 2. The molecule has 0 atom stereocenters. The Kier molecular flexibility index (Phi) is 5.32. The quantitative estimate of drug-likeness (QED) is 0.666. The van der Waals surface area contributed by atoms with Gasteiger partial charge in [-0.15, -0.1) is 17.9 Å². The van der Waals surface area contributed by atoms with Gasteiger partial charge in [-0.05, 0) is 39.3 Å². The van der Waals surface area contributed by atoms with Gasteiger partial charge in [-0.2, -0.15) is 5.10 Å². The molecular formula is C20H22N4OS. The van der Waals surface area contributed by atoms with Crippen LogP contribution in [0.1, 0.15) is 28.2 Å². The van der Waals surface area contributed by atoms with E-state index in [2.05, 4.69) is 22.0 Å². The third kappa shape index (κ3) is 3.91. The molecule has 0 saturated carbocycles. The van der Waals surface area contributed by atoms with Gasteiger partial charge in [0, 0.05) is 22.3 Å². The molecule has 5 nitrogen and oxygen atoms in total. The zero-order chi connectivity index (χ0) is 18.7. The molecule has 3 aromatic rings. The predicted octanol–water partition coefficient (Wildman–Crippen LogP) is 4.16. The number of thiazole rings is 1. The highest BCUT2D eigenvalue weighted by Gasteiger charge is 2.15. The maximum absolute atomic E-state index is 12.2. The fraction of sp³-hybridized carbons (Fsp3) is 0.250. The monoisotopic (exact) mass is 366 g/mol. The van der Waals surface area contributed by atoms with Gasteiger partial charge in [0.2, 0.25) is 11.0 Å². The molecule has 26 heavy (non-hydrogen) atoms. The van der Waals surface area contributed by atoms with Crippen LogP contribution in [0.5, 0.6) is 0 Å². The maximum atomic E-state index is 12.2. The average molecular weight is 366 g/mol. The largest absolute Gasteiger partial charge is 0.326 e. The molecule has 0 spiro atoms. The van der Waals surface area contributed by atoms with Gasteiger partial charge in [0.05, 0.1) is 17.8 Å². The summed E-state index contributed by atoms with van der Waals surface area (Å²) in [5.41, 5.74) is 5.92. The number of aromatic nitrogens is 3. The van der Waals surface area contributed by atoms with Crippen LogP contribution < -0.4 is 5.32 Å². The lowest BCUT2D eigenvalue weighted by atomic mass is 10.1. The number of hydrogen-bond donors (Lipinski definition) is 1. The van der Waals surface area contributed by atoms with E-state index in [0.29, 0.717) is 0 Å². The Labute approximate surface area is 157 Å². The number of nitrogens with one attached hydrogen (secondary N) is 1. The summed E-state index contributed by atoms with van der Waals surface area (Å²) in [6.45, 7) is 9.84. The number of nitrogens with zero attached hydrogens (tertiary/aromatic N) is 3. The van der Waals surface area contributed by atoms with Crippen molar-refractivity contribution in [1.29, 1.82) is 0 Å². The highest BCUT2D eigenvalue weighted by atomic mass is 32.1. The Balaban J connectivity index is 1.72. The van der Waals surface area contributed by atoms with E-state index in [-0.39, 0.29) is 12.3 Å². The highest BCUT2D eigenvalue weighted by molar-refractivity contribution is 7.12. The van der Waals surface area contributed by atoms with E-state index in [9.17, 15) is 4.79 Å². The molecule has 0 aliphatic heterocycles. The van der Waals surface area contributed by atoms with Crippen molar-refractivity contribution in [3.63, 3.8) is 0 Å². The van der Waals surface area contributed by atoms with E-state index in [1.165, 1.54) is 16.9 Å². The molecule has 0 bridgehead atoms. The lowest BCUT2D eigenvalue weighted by Crippen LogP contribution is -2.14. The van der Waals surface area contributed by atoms with Crippen LogP contribution in [0.3, 0.4) is 0 Å². The maximum Gasteiger partial charge on any atom is 0.230 e. The molecule has 1 amide bonds. The van der Waals surface area contributed by atoms with Crippen LogP contribution in [-0.4, -0.2) is 20.7 Å². The van der Waals surface area contributed by atoms with Crippen LogP contribution in [-0.2, 0) is 17.6 Å². The standard InChI is InChI=1S/C20H22N4OS/c1-5-6-18-14(3)23-24(15(18)4)20-22-17(12-26-20)11-19(25)21-16-9-7-13(2)8-10-16/h5,7-10,12H,1,6,11H2,2-4H3,(H,21,25). The van der Waals surface area contributed by atoms with Crippen molar-refractivity contribution >= 4 is 22.9 Å². The zero-order valence-corrected chi connectivity index (χ0v) is 16.1. The smallest absolute Gasteiger partial charge is 0.230 e. The third-order valence-corrected chi connectivity index (χ3v) is 5.05. The van der Waals surface area contributed by atoms with Gasteiger partial charge in [-0.25, -0.2) is 9.67 Å². The van der Waals surface area contributed by atoms with Gasteiger partial charge in [-0.1, -0.05) is 23.8 Å². The van der Waals surface area contributed by atoms with Crippen molar-refractivity contribution in [3.8, 4) is 5.13 Å². The van der Waals surface area contributed by atoms with Gasteiger partial charge in [0.15, 0.2) is 0 Å². The molecule has 1 aromatic carbocycles. The molecule has 3 rings (SSSR count). The second kappa shape index (κ2) is 7.66. The summed E-state index contributed by atoms with van der Waals surface area (Å²) in [5.74, 6) is -0.0774. The van der Waals surface area contributed by atoms with Gasteiger partial charge < -0.3 is 5.32 Å². The number of amides is 1. The summed E-state index contributed by atoms with van der Waals surface area (Å²) in [6.07, 6.45) is 2.90. The van der Waals surface area contributed by atoms with Crippen molar-refractivity contribution in [2.45, 2.75) is 33.6 Å². The van der Waals surface area contributed by atoms with Gasteiger partial charge in [-0.3, -0.25) is 4.79 Å². The molecule has 0 aliphatic carbocycles. The Bertz CT molecular complexity index is 937. The van der Waals surface area contributed by atoms with Crippen molar-refractivity contribution in [1.82, 2.24) is 14.8 Å². The molecule has 0 aliphatic rings. The summed E-state index contributed by atoms with van der Waals surface area (Å²) in [7, 11) is 0. The third-order valence-electron chi connectivity index (χ3n) is 4.19. The number of rotatable bonds is 6. The van der Waals surface area contributed by atoms with Crippen LogP contribution in [0.15, 0.2) is 42.3 Å². The van der Waals surface area contributed by atoms with E-state index >= 15 is 0 Å². The number of carbonyl (C=O) groups is 1. The number of carbonyl (C=O) groups excluding carboxylic acids is 1.